The SMILES string of the molecule is COc1cccc(CC(=O)O)c1.COc1cccc(CCO)c1. The number of hydrogen-bond donors (Lipinski definition) is 2. The average Bonchev–Trinajstić information content (AvgIpc) is 2.55. The maximum Gasteiger partial charge on any atom is 0.307 e. The van der Waals surface area contributed by atoms with Crippen molar-refractivity contribution in [3.05, 3.63) is 59.7 Å². The number of benzene rings is 2. The van der Waals surface area contributed by atoms with Gasteiger partial charge in [-0.15, -0.1) is 0 Å². The van der Waals surface area contributed by atoms with E-state index in [1.165, 1.54) is 0 Å². The fourth-order valence-electron chi connectivity index (χ4n) is 1.91. The van der Waals surface area contributed by atoms with E-state index in [2.05, 4.69) is 0 Å². The first-order chi connectivity index (χ1) is 11.1. The Balaban J connectivity index is 0.000000231. The Labute approximate surface area is 136 Å². The maximum atomic E-state index is 10.3. The zero-order valence-corrected chi connectivity index (χ0v) is 13.4. The lowest BCUT2D eigenvalue weighted by Crippen LogP contribution is -1.99. The lowest BCUT2D eigenvalue weighted by Gasteiger charge is -2.01. The van der Waals surface area contributed by atoms with Crippen LogP contribution in [0.2, 0.25) is 0 Å². The molecule has 2 rings (SSSR count). The highest BCUT2D eigenvalue weighted by Gasteiger charge is 2.00. The van der Waals surface area contributed by atoms with Crippen LogP contribution in [0.4, 0.5) is 0 Å². The first-order valence-corrected chi connectivity index (χ1v) is 7.17. The Hall–Kier alpha value is -2.53. The third-order valence-corrected chi connectivity index (χ3v) is 3.02. The van der Waals surface area contributed by atoms with Crippen molar-refractivity contribution in [3.63, 3.8) is 0 Å². The summed E-state index contributed by atoms with van der Waals surface area (Å²) in [7, 11) is 3.19. The van der Waals surface area contributed by atoms with Crippen LogP contribution in [0.1, 0.15) is 11.1 Å². The van der Waals surface area contributed by atoms with Gasteiger partial charge in [-0.1, -0.05) is 24.3 Å². The predicted octanol–water partition coefficient (Wildman–Crippen LogP) is 2.55. The molecule has 0 bridgehead atoms. The number of methoxy groups -OCH3 is 2. The molecule has 0 unspecified atom stereocenters. The second kappa shape index (κ2) is 10.2. The first kappa shape index (κ1) is 18.5. The lowest BCUT2D eigenvalue weighted by molar-refractivity contribution is -0.136. The average molecular weight is 318 g/mol. The van der Waals surface area contributed by atoms with Gasteiger partial charge in [0.2, 0.25) is 0 Å². The highest BCUT2D eigenvalue weighted by molar-refractivity contribution is 5.70. The standard InChI is InChI=1S/C9H10O3.C9H12O2/c1-12-8-4-2-3-7(5-8)6-9(10)11;1-11-9-4-2-3-8(7-9)5-6-10/h2-5H,6H2,1H3,(H,10,11);2-4,7,10H,5-6H2,1H3. The van der Waals surface area contributed by atoms with E-state index in [1.807, 2.05) is 24.3 Å². The van der Waals surface area contributed by atoms with Crippen molar-refractivity contribution >= 4 is 5.97 Å². The minimum atomic E-state index is -0.830. The highest BCUT2D eigenvalue weighted by atomic mass is 16.5. The van der Waals surface area contributed by atoms with E-state index in [0.717, 1.165) is 16.9 Å². The summed E-state index contributed by atoms with van der Waals surface area (Å²) in [5.41, 5.74) is 1.86. The number of aliphatic hydroxyl groups is 1. The van der Waals surface area contributed by atoms with Gasteiger partial charge in [0, 0.05) is 6.61 Å². The van der Waals surface area contributed by atoms with Crippen LogP contribution < -0.4 is 9.47 Å². The summed E-state index contributed by atoms with van der Waals surface area (Å²) in [6, 6.07) is 14.7. The molecule has 5 nitrogen and oxygen atoms in total. The molecule has 0 atom stereocenters. The lowest BCUT2D eigenvalue weighted by atomic mass is 10.1. The van der Waals surface area contributed by atoms with Crippen LogP contribution >= 0.6 is 0 Å². The zero-order chi connectivity index (χ0) is 17.1. The molecule has 2 N–H and O–H groups in total. The van der Waals surface area contributed by atoms with Gasteiger partial charge in [0.05, 0.1) is 20.6 Å². The summed E-state index contributed by atoms with van der Waals surface area (Å²) in [5, 5.41) is 17.1. The van der Waals surface area contributed by atoms with E-state index >= 15 is 0 Å². The number of carbonyl (C=O) groups is 1. The number of aliphatic carboxylic acids is 1. The van der Waals surface area contributed by atoms with Gasteiger partial charge in [-0.05, 0) is 41.8 Å². The van der Waals surface area contributed by atoms with Crippen molar-refractivity contribution in [2.75, 3.05) is 20.8 Å². The Kier molecular flexibility index (Phi) is 8.24. The van der Waals surface area contributed by atoms with Gasteiger partial charge in [0.15, 0.2) is 0 Å². The van der Waals surface area contributed by atoms with Crippen molar-refractivity contribution in [1.82, 2.24) is 0 Å². The largest absolute Gasteiger partial charge is 0.497 e. The summed E-state index contributed by atoms with van der Waals surface area (Å²) < 4.78 is 9.96. The molecule has 0 spiro atoms. The molecule has 0 aliphatic carbocycles. The molecule has 0 radical (unpaired) electrons. The van der Waals surface area contributed by atoms with E-state index in [4.69, 9.17) is 19.7 Å². The van der Waals surface area contributed by atoms with Crippen LogP contribution in [0.3, 0.4) is 0 Å². The molecule has 0 saturated heterocycles. The smallest absolute Gasteiger partial charge is 0.307 e. The summed E-state index contributed by atoms with van der Waals surface area (Å²) in [4.78, 5) is 10.3. The minimum Gasteiger partial charge on any atom is -0.497 e. The normalized spacial score (nSPS) is 9.52. The van der Waals surface area contributed by atoms with E-state index in [9.17, 15) is 4.79 Å². The van der Waals surface area contributed by atoms with Gasteiger partial charge >= 0.3 is 5.97 Å². The van der Waals surface area contributed by atoms with Crippen LogP contribution in [0.15, 0.2) is 48.5 Å². The van der Waals surface area contributed by atoms with E-state index in [0.29, 0.717) is 12.2 Å². The molecule has 0 amide bonds. The summed E-state index contributed by atoms with van der Waals surface area (Å²) in [6.07, 6.45) is 0.731. The molecule has 124 valence electrons. The van der Waals surface area contributed by atoms with Crippen LogP contribution in [0, 0.1) is 0 Å². The molecule has 0 aliphatic heterocycles. The number of rotatable bonds is 6. The van der Waals surface area contributed by atoms with Crippen LogP contribution in [-0.2, 0) is 17.6 Å². The monoisotopic (exact) mass is 318 g/mol. The quantitative estimate of drug-likeness (QED) is 0.856. The van der Waals surface area contributed by atoms with Gasteiger partial charge in [-0.25, -0.2) is 0 Å². The van der Waals surface area contributed by atoms with Gasteiger partial charge in [0.1, 0.15) is 11.5 Å². The summed E-state index contributed by atoms with van der Waals surface area (Å²) in [5.74, 6) is 0.702. The molecule has 0 aliphatic rings. The highest BCUT2D eigenvalue weighted by Crippen LogP contribution is 2.13. The molecular weight excluding hydrogens is 296 g/mol. The Morgan fingerprint density at radius 3 is 1.96 bits per heavy atom. The van der Waals surface area contributed by atoms with Crippen molar-refractivity contribution in [3.8, 4) is 11.5 Å². The van der Waals surface area contributed by atoms with E-state index in [-0.39, 0.29) is 13.0 Å². The van der Waals surface area contributed by atoms with Crippen LogP contribution in [-0.4, -0.2) is 37.0 Å². The summed E-state index contributed by atoms with van der Waals surface area (Å²) >= 11 is 0. The molecule has 2 aromatic rings. The summed E-state index contributed by atoms with van der Waals surface area (Å²) in [6.45, 7) is 0.188. The van der Waals surface area contributed by atoms with Gasteiger partial charge in [-0.3, -0.25) is 4.79 Å². The van der Waals surface area contributed by atoms with Crippen molar-refractivity contribution in [2.24, 2.45) is 0 Å². The molecule has 23 heavy (non-hydrogen) atoms. The second-order valence-electron chi connectivity index (χ2n) is 4.75. The number of hydrogen-bond acceptors (Lipinski definition) is 4. The maximum absolute atomic E-state index is 10.3. The number of carboxylic acid groups (broad SMARTS) is 1. The molecular formula is C18H22O5. The first-order valence-electron chi connectivity index (χ1n) is 7.17. The van der Waals surface area contributed by atoms with Crippen LogP contribution in [0.5, 0.6) is 11.5 Å². The molecule has 0 aromatic heterocycles. The van der Waals surface area contributed by atoms with Crippen molar-refractivity contribution in [1.29, 1.82) is 0 Å². The third-order valence-electron chi connectivity index (χ3n) is 3.02. The topological polar surface area (TPSA) is 76.0 Å². The predicted molar refractivity (Wildman–Crippen MR) is 88.1 cm³/mol. The van der Waals surface area contributed by atoms with E-state index < -0.39 is 5.97 Å². The fraction of sp³-hybridized carbons (Fsp3) is 0.278. The molecule has 0 saturated carbocycles. The molecule has 0 heterocycles. The van der Waals surface area contributed by atoms with Crippen LogP contribution in [0.25, 0.3) is 0 Å². The van der Waals surface area contributed by atoms with Gasteiger partial charge < -0.3 is 19.7 Å². The number of ether oxygens (including phenoxy) is 2. The molecule has 5 heteroatoms. The van der Waals surface area contributed by atoms with Gasteiger partial charge in [0.25, 0.3) is 0 Å². The second-order valence-corrected chi connectivity index (χ2v) is 4.75. The minimum absolute atomic E-state index is 0.0389. The molecule has 2 aromatic carbocycles. The Bertz CT molecular complexity index is 610. The third kappa shape index (κ3) is 7.33. The number of carboxylic acids is 1. The Morgan fingerprint density at radius 2 is 1.48 bits per heavy atom. The van der Waals surface area contributed by atoms with Crippen molar-refractivity contribution < 1.29 is 24.5 Å². The Morgan fingerprint density at radius 1 is 0.957 bits per heavy atom. The molecule has 0 fully saturated rings. The van der Waals surface area contributed by atoms with E-state index in [1.54, 1.807) is 38.5 Å². The zero-order valence-electron chi connectivity index (χ0n) is 13.4. The van der Waals surface area contributed by atoms with Crippen molar-refractivity contribution in [2.45, 2.75) is 12.8 Å². The van der Waals surface area contributed by atoms with Gasteiger partial charge in [-0.2, -0.15) is 0 Å². The fourth-order valence-corrected chi connectivity index (χ4v) is 1.91. The number of aliphatic hydroxyl groups excluding tert-OH is 1.